The van der Waals surface area contributed by atoms with Crippen LogP contribution in [0.2, 0.25) is 0 Å². The van der Waals surface area contributed by atoms with Crippen LogP contribution in [-0.4, -0.2) is 10.1 Å². The second kappa shape index (κ2) is 5.49. The molecule has 1 aromatic carbocycles. The van der Waals surface area contributed by atoms with Crippen molar-refractivity contribution < 1.29 is 18.6 Å². The lowest BCUT2D eigenvalue weighted by Gasteiger charge is -2.02. The first-order chi connectivity index (χ1) is 10.2. The molecule has 0 unspecified atom stereocenters. The van der Waals surface area contributed by atoms with Crippen molar-refractivity contribution in [3.8, 4) is 17.3 Å². The highest BCUT2D eigenvalue weighted by atomic mass is 16.6. The molecule has 3 aromatic rings. The molecule has 0 fully saturated rings. The molecule has 0 aliphatic heterocycles. The number of furan rings is 1. The SMILES string of the molecule is O=[N+]([O-])c1ccc(OCc2cc(-c3ccco3)on2)cc1. The Morgan fingerprint density at radius 3 is 2.67 bits per heavy atom. The number of benzene rings is 1. The average molecular weight is 286 g/mol. The van der Waals surface area contributed by atoms with E-state index in [9.17, 15) is 10.1 Å². The summed E-state index contributed by atoms with van der Waals surface area (Å²) >= 11 is 0. The monoisotopic (exact) mass is 286 g/mol. The summed E-state index contributed by atoms with van der Waals surface area (Å²) in [6, 6.07) is 11.1. The maximum absolute atomic E-state index is 10.5. The fourth-order valence-corrected chi connectivity index (χ4v) is 1.74. The Bertz CT molecular complexity index is 731. The van der Waals surface area contributed by atoms with Gasteiger partial charge in [0.1, 0.15) is 18.1 Å². The van der Waals surface area contributed by atoms with Crippen molar-refractivity contribution in [2.45, 2.75) is 6.61 Å². The molecule has 3 rings (SSSR count). The van der Waals surface area contributed by atoms with Gasteiger partial charge in [0, 0.05) is 18.2 Å². The second-order valence-electron chi connectivity index (χ2n) is 4.20. The van der Waals surface area contributed by atoms with Crippen molar-refractivity contribution in [2.75, 3.05) is 0 Å². The highest BCUT2D eigenvalue weighted by Crippen LogP contribution is 2.22. The van der Waals surface area contributed by atoms with Gasteiger partial charge in [-0.25, -0.2) is 0 Å². The fourth-order valence-electron chi connectivity index (χ4n) is 1.74. The van der Waals surface area contributed by atoms with Crippen LogP contribution in [0, 0.1) is 10.1 Å². The number of rotatable bonds is 5. The molecule has 0 bridgehead atoms. The number of hydrogen-bond acceptors (Lipinski definition) is 6. The average Bonchev–Trinajstić information content (AvgIpc) is 3.16. The maximum Gasteiger partial charge on any atom is 0.269 e. The standard InChI is InChI=1S/C14H10N2O5/c17-16(18)11-3-5-12(6-4-11)20-9-10-8-14(21-15-10)13-2-1-7-19-13/h1-8H,9H2. The van der Waals surface area contributed by atoms with Crippen molar-refractivity contribution in [3.05, 3.63) is 64.5 Å². The van der Waals surface area contributed by atoms with Crippen LogP contribution >= 0.6 is 0 Å². The van der Waals surface area contributed by atoms with Gasteiger partial charge in [0.25, 0.3) is 5.69 Å². The summed E-state index contributed by atoms with van der Waals surface area (Å²) in [6.07, 6.45) is 1.55. The van der Waals surface area contributed by atoms with Crippen molar-refractivity contribution in [2.24, 2.45) is 0 Å². The second-order valence-corrected chi connectivity index (χ2v) is 4.20. The Morgan fingerprint density at radius 1 is 1.19 bits per heavy atom. The molecule has 0 saturated heterocycles. The van der Waals surface area contributed by atoms with Gasteiger partial charge in [-0.2, -0.15) is 0 Å². The Hall–Kier alpha value is -3.09. The van der Waals surface area contributed by atoms with E-state index in [1.807, 2.05) is 0 Å². The normalized spacial score (nSPS) is 10.5. The lowest BCUT2D eigenvalue weighted by Crippen LogP contribution is -1.95. The number of nitro groups is 1. The van der Waals surface area contributed by atoms with Crippen molar-refractivity contribution in [1.82, 2.24) is 5.16 Å². The van der Waals surface area contributed by atoms with E-state index in [-0.39, 0.29) is 12.3 Å². The lowest BCUT2D eigenvalue weighted by atomic mass is 10.3. The smallest absolute Gasteiger partial charge is 0.269 e. The van der Waals surface area contributed by atoms with E-state index in [0.717, 1.165) is 0 Å². The van der Waals surface area contributed by atoms with E-state index in [0.29, 0.717) is 23.0 Å². The molecule has 0 amide bonds. The number of non-ortho nitro benzene ring substituents is 1. The first-order valence-corrected chi connectivity index (χ1v) is 6.09. The zero-order chi connectivity index (χ0) is 14.7. The predicted molar refractivity (Wildman–Crippen MR) is 71.6 cm³/mol. The summed E-state index contributed by atoms with van der Waals surface area (Å²) in [6.45, 7) is 0.196. The van der Waals surface area contributed by atoms with Crippen LogP contribution in [0.15, 0.2) is 57.7 Å². The Kier molecular flexibility index (Phi) is 3.38. The Balaban J connectivity index is 1.64. The molecular formula is C14H10N2O5. The van der Waals surface area contributed by atoms with Crippen LogP contribution in [-0.2, 0) is 6.61 Å². The number of nitrogens with zero attached hydrogens (tertiary/aromatic N) is 2. The van der Waals surface area contributed by atoms with Gasteiger partial charge in [-0.3, -0.25) is 10.1 Å². The quantitative estimate of drug-likeness (QED) is 0.527. The number of ether oxygens (including phenoxy) is 1. The van der Waals surface area contributed by atoms with E-state index in [1.165, 1.54) is 24.3 Å². The molecule has 0 aliphatic rings. The minimum absolute atomic E-state index is 0.0175. The summed E-state index contributed by atoms with van der Waals surface area (Å²) in [5, 5.41) is 14.4. The van der Waals surface area contributed by atoms with Gasteiger partial charge in [0.05, 0.1) is 11.2 Å². The number of nitro benzene ring substituents is 1. The first-order valence-electron chi connectivity index (χ1n) is 6.09. The summed E-state index contributed by atoms with van der Waals surface area (Å²) in [7, 11) is 0. The predicted octanol–water partition coefficient (Wildman–Crippen LogP) is 3.42. The summed E-state index contributed by atoms with van der Waals surface area (Å²) < 4.78 is 15.8. The van der Waals surface area contributed by atoms with Crippen LogP contribution in [0.1, 0.15) is 5.69 Å². The third-order valence-electron chi connectivity index (χ3n) is 2.76. The van der Waals surface area contributed by atoms with Gasteiger partial charge in [0.2, 0.25) is 5.76 Å². The summed E-state index contributed by atoms with van der Waals surface area (Å²) in [5.41, 5.74) is 0.614. The van der Waals surface area contributed by atoms with E-state index in [2.05, 4.69) is 5.16 Å². The van der Waals surface area contributed by atoms with Gasteiger partial charge in [-0.05, 0) is 24.3 Å². The van der Waals surface area contributed by atoms with Gasteiger partial charge >= 0.3 is 0 Å². The van der Waals surface area contributed by atoms with Gasteiger partial charge in [-0.15, -0.1) is 0 Å². The molecule has 0 atom stereocenters. The maximum atomic E-state index is 10.5. The number of aromatic nitrogens is 1. The van der Waals surface area contributed by atoms with Gasteiger partial charge < -0.3 is 13.7 Å². The Morgan fingerprint density at radius 2 is 2.00 bits per heavy atom. The molecule has 21 heavy (non-hydrogen) atoms. The van der Waals surface area contributed by atoms with E-state index >= 15 is 0 Å². The molecule has 0 spiro atoms. The van der Waals surface area contributed by atoms with Crippen LogP contribution in [0.25, 0.3) is 11.5 Å². The summed E-state index contributed by atoms with van der Waals surface area (Å²) in [5.74, 6) is 1.62. The van der Waals surface area contributed by atoms with E-state index < -0.39 is 4.92 Å². The summed E-state index contributed by atoms with van der Waals surface area (Å²) in [4.78, 5) is 10.1. The van der Waals surface area contributed by atoms with Crippen molar-refractivity contribution in [3.63, 3.8) is 0 Å². The Labute approximate surface area is 118 Å². The largest absolute Gasteiger partial charge is 0.487 e. The fraction of sp³-hybridized carbons (Fsp3) is 0.0714. The molecule has 0 saturated carbocycles. The third kappa shape index (κ3) is 2.92. The van der Waals surface area contributed by atoms with Crippen LogP contribution in [0.3, 0.4) is 0 Å². The number of hydrogen-bond donors (Lipinski definition) is 0. The highest BCUT2D eigenvalue weighted by molar-refractivity contribution is 5.49. The third-order valence-corrected chi connectivity index (χ3v) is 2.76. The highest BCUT2D eigenvalue weighted by Gasteiger charge is 2.10. The molecule has 0 N–H and O–H groups in total. The molecule has 2 aromatic heterocycles. The van der Waals surface area contributed by atoms with E-state index in [1.54, 1.807) is 24.5 Å². The minimum atomic E-state index is -0.461. The zero-order valence-corrected chi connectivity index (χ0v) is 10.8. The van der Waals surface area contributed by atoms with Crippen molar-refractivity contribution in [1.29, 1.82) is 0 Å². The van der Waals surface area contributed by atoms with Crippen LogP contribution < -0.4 is 4.74 Å². The van der Waals surface area contributed by atoms with Gasteiger partial charge in [-0.1, -0.05) is 5.16 Å². The molecule has 7 heteroatoms. The zero-order valence-electron chi connectivity index (χ0n) is 10.8. The first kappa shape index (κ1) is 12.9. The molecule has 0 radical (unpaired) electrons. The molecule has 0 aliphatic carbocycles. The van der Waals surface area contributed by atoms with Crippen molar-refractivity contribution >= 4 is 5.69 Å². The van der Waals surface area contributed by atoms with Crippen LogP contribution in [0.5, 0.6) is 5.75 Å². The minimum Gasteiger partial charge on any atom is -0.487 e. The van der Waals surface area contributed by atoms with Crippen LogP contribution in [0.4, 0.5) is 5.69 Å². The topological polar surface area (TPSA) is 91.5 Å². The molecule has 7 nitrogen and oxygen atoms in total. The van der Waals surface area contributed by atoms with E-state index in [4.69, 9.17) is 13.7 Å². The molecular weight excluding hydrogens is 276 g/mol. The molecule has 2 heterocycles. The van der Waals surface area contributed by atoms with Gasteiger partial charge in [0.15, 0.2) is 5.76 Å². The molecule has 106 valence electrons. The lowest BCUT2D eigenvalue weighted by molar-refractivity contribution is -0.384.